The van der Waals surface area contributed by atoms with Crippen LogP contribution in [0.5, 0.6) is 0 Å². The van der Waals surface area contributed by atoms with Crippen LogP contribution in [0, 0.1) is 0 Å². The van der Waals surface area contributed by atoms with E-state index in [9.17, 15) is 14.7 Å². The number of carboxylic acids is 1. The molecular weight excluding hydrogens is 334 g/mol. The summed E-state index contributed by atoms with van der Waals surface area (Å²) in [7, 11) is 0. The van der Waals surface area contributed by atoms with E-state index in [1.54, 1.807) is 20.8 Å². The number of rotatable bonds is 6. The monoisotopic (exact) mass is 359 g/mol. The van der Waals surface area contributed by atoms with Gasteiger partial charge in [-0.1, -0.05) is 37.3 Å². The van der Waals surface area contributed by atoms with E-state index in [2.05, 4.69) is 10.4 Å². The van der Waals surface area contributed by atoms with Crippen LogP contribution in [0.15, 0.2) is 30.3 Å². The highest BCUT2D eigenvalue weighted by molar-refractivity contribution is 5.90. The van der Waals surface area contributed by atoms with Crippen LogP contribution in [0.4, 0.5) is 4.79 Å². The van der Waals surface area contributed by atoms with E-state index in [4.69, 9.17) is 4.74 Å². The lowest BCUT2D eigenvalue weighted by Gasteiger charge is -2.19. The lowest BCUT2D eigenvalue weighted by atomic mass is 10.0. The molecule has 7 heteroatoms. The first-order chi connectivity index (χ1) is 12.2. The van der Waals surface area contributed by atoms with Gasteiger partial charge in [0, 0.05) is 17.7 Å². The molecular formula is C19H25N3O4. The molecule has 0 saturated heterocycles. The van der Waals surface area contributed by atoms with Crippen molar-refractivity contribution in [3.8, 4) is 11.3 Å². The van der Waals surface area contributed by atoms with Crippen LogP contribution < -0.4 is 5.32 Å². The molecule has 7 nitrogen and oxygen atoms in total. The zero-order chi connectivity index (χ0) is 19.3. The number of benzene rings is 1. The van der Waals surface area contributed by atoms with Crippen LogP contribution in [0.3, 0.4) is 0 Å². The summed E-state index contributed by atoms with van der Waals surface area (Å²) in [6.45, 7) is 7.70. The Morgan fingerprint density at radius 3 is 2.42 bits per heavy atom. The van der Waals surface area contributed by atoms with Gasteiger partial charge in [-0.05, 0) is 27.2 Å². The molecule has 0 fully saturated rings. The van der Waals surface area contributed by atoms with E-state index < -0.39 is 17.7 Å². The van der Waals surface area contributed by atoms with Crippen molar-refractivity contribution in [3.63, 3.8) is 0 Å². The van der Waals surface area contributed by atoms with Gasteiger partial charge in [0.2, 0.25) is 0 Å². The minimum atomic E-state index is -1.03. The zero-order valence-electron chi connectivity index (χ0n) is 15.6. The average molecular weight is 359 g/mol. The third kappa shape index (κ3) is 4.84. The van der Waals surface area contributed by atoms with Crippen molar-refractivity contribution in [1.82, 2.24) is 15.1 Å². The van der Waals surface area contributed by atoms with Gasteiger partial charge in [0.15, 0.2) is 0 Å². The fourth-order valence-corrected chi connectivity index (χ4v) is 2.64. The molecule has 0 aliphatic carbocycles. The highest BCUT2D eigenvalue weighted by atomic mass is 16.6. The highest BCUT2D eigenvalue weighted by Gasteiger charge is 2.23. The molecule has 0 spiro atoms. The van der Waals surface area contributed by atoms with Gasteiger partial charge >= 0.3 is 12.1 Å². The predicted molar refractivity (Wildman–Crippen MR) is 98.2 cm³/mol. The molecule has 0 aliphatic heterocycles. The summed E-state index contributed by atoms with van der Waals surface area (Å²) in [5.41, 5.74) is 1.77. The van der Waals surface area contributed by atoms with Gasteiger partial charge in [0.1, 0.15) is 11.3 Å². The van der Waals surface area contributed by atoms with Crippen molar-refractivity contribution in [2.24, 2.45) is 0 Å². The van der Waals surface area contributed by atoms with Crippen LogP contribution in [0.1, 0.15) is 43.7 Å². The van der Waals surface area contributed by atoms with E-state index in [0.29, 0.717) is 17.7 Å². The van der Waals surface area contributed by atoms with Gasteiger partial charge < -0.3 is 15.2 Å². The summed E-state index contributed by atoms with van der Waals surface area (Å²) >= 11 is 0. The first-order valence-corrected chi connectivity index (χ1v) is 8.58. The molecule has 2 rings (SSSR count). The van der Waals surface area contributed by atoms with Crippen LogP contribution >= 0.6 is 0 Å². The SMILES string of the molecule is CCc1c(-c2ccccc2)nn(CCNC(=O)OC(C)(C)C)c1C(=O)O. The molecule has 26 heavy (non-hydrogen) atoms. The maximum Gasteiger partial charge on any atom is 0.407 e. The quantitative estimate of drug-likeness (QED) is 0.825. The number of carbonyl (C=O) groups excluding carboxylic acids is 1. The van der Waals surface area contributed by atoms with Crippen molar-refractivity contribution >= 4 is 12.1 Å². The summed E-state index contributed by atoms with van der Waals surface area (Å²) in [6, 6.07) is 9.47. The Morgan fingerprint density at radius 1 is 1.23 bits per heavy atom. The maximum atomic E-state index is 11.8. The van der Waals surface area contributed by atoms with Crippen LogP contribution in [0.2, 0.25) is 0 Å². The number of alkyl carbamates (subject to hydrolysis) is 1. The summed E-state index contributed by atoms with van der Waals surface area (Å²) in [6.07, 6.45) is 0.00580. The number of carbonyl (C=O) groups is 2. The number of aromatic carboxylic acids is 1. The number of aromatic nitrogens is 2. The van der Waals surface area contributed by atoms with Crippen molar-refractivity contribution in [1.29, 1.82) is 0 Å². The Bertz CT molecular complexity index is 776. The van der Waals surface area contributed by atoms with Gasteiger partial charge in [-0.15, -0.1) is 0 Å². The van der Waals surface area contributed by atoms with E-state index >= 15 is 0 Å². The Hall–Kier alpha value is -2.83. The number of nitrogens with zero attached hydrogens (tertiary/aromatic N) is 2. The molecule has 1 aromatic heterocycles. The Morgan fingerprint density at radius 2 is 1.88 bits per heavy atom. The summed E-state index contributed by atoms with van der Waals surface area (Å²) in [5.74, 6) is -1.03. The molecule has 0 radical (unpaired) electrons. The van der Waals surface area contributed by atoms with Crippen molar-refractivity contribution < 1.29 is 19.4 Å². The Balaban J connectivity index is 2.21. The molecule has 1 aromatic carbocycles. The van der Waals surface area contributed by atoms with E-state index in [1.165, 1.54) is 4.68 Å². The summed E-state index contributed by atoms with van der Waals surface area (Å²) in [4.78, 5) is 23.5. The molecule has 0 unspecified atom stereocenters. The lowest BCUT2D eigenvalue weighted by Crippen LogP contribution is -2.34. The summed E-state index contributed by atoms with van der Waals surface area (Å²) < 4.78 is 6.61. The predicted octanol–water partition coefficient (Wildman–Crippen LogP) is 3.34. The molecule has 1 heterocycles. The van der Waals surface area contributed by atoms with E-state index in [0.717, 1.165) is 5.56 Å². The molecule has 140 valence electrons. The molecule has 0 saturated carbocycles. The second-order valence-corrected chi connectivity index (χ2v) is 6.85. The van der Waals surface area contributed by atoms with Crippen molar-refractivity contribution in [2.75, 3.05) is 6.54 Å². The smallest absolute Gasteiger partial charge is 0.407 e. The third-order valence-electron chi connectivity index (χ3n) is 3.65. The van der Waals surface area contributed by atoms with Gasteiger partial charge in [-0.3, -0.25) is 4.68 Å². The lowest BCUT2D eigenvalue weighted by molar-refractivity contribution is 0.0525. The fourth-order valence-electron chi connectivity index (χ4n) is 2.64. The van der Waals surface area contributed by atoms with Crippen molar-refractivity contribution in [3.05, 3.63) is 41.6 Å². The molecule has 0 bridgehead atoms. The zero-order valence-corrected chi connectivity index (χ0v) is 15.6. The number of carboxylic acid groups (broad SMARTS) is 1. The van der Waals surface area contributed by atoms with Crippen molar-refractivity contribution in [2.45, 2.75) is 46.3 Å². The molecule has 0 atom stereocenters. The van der Waals surface area contributed by atoms with Crippen LogP contribution in [-0.4, -0.2) is 39.1 Å². The minimum absolute atomic E-state index is 0.150. The fraction of sp³-hybridized carbons (Fsp3) is 0.421. The first-order valence-electron chi connectivity index (χ1n) is 8.58. The topological polar surface area (TPSA) is 93.5 Å². The maximum absolute atomic E-state index is 11.8. The second-order valence-electron chi connectivity index (χ2n) is 6.85. The van der Waals surface area contributed by atoms with Gasteiger partial charge in [-0.25, -0.2) is 9.59 Å². The van der Waals surface area contributed by atoms with Gasteiger partial charge in [-0.2, -0.15) is 5.10 Å². The number of hydrogen-bond donors (Lipinski definition) is 2. The third-order valence-corrected chi connectivity index (χ3v) is 3.65. The normalized spacial score (nSPS) is 11.2. The number of amides is 1. The number of nitrogens with one attached hydrogen (secondary N) is 1. The minimum Gasteiger partial charge on any atom is -0.477 e. The van der Waals surface area contributed by atoms with E-state index in [-0.39, 0.29) is 18.8 Å². The largest absolute Gasteiger partial charge is 0.477 e. The first kappa shape index (κ1) is 19.5. The molecule has 2 N–H and O–H groups in total. The van der Waals surface area contributed by atoms with E-state index in [1.807, 2.05) is 37.3 Å². The summed E-state index contributed by atoms with van der Waals surface area (Å²) in [5, 5.41) is 16.7. The number of ether oxygens (including phenoxy) is 1. The number of hydrogen-bond acceptors (Lipinski definition) is 4. The van der Waals surface area contributed by atoms with Crippen LogP contribution in [0.25, 0.3) is 11.3 Å². The molecule has 1 amide bonds. The highest BCUT2D eigenvalue weighted by Crippen LogP contribution is 2.26. The molecule has 2 aromatic rings. The second kappa shape index (κ2) is 8.03. The molecule has 0 aliphatic rings. The average Bonchev–Trinajstić information content (AvgIpc) is 2.92. The van der Waals surface area contributed by atoms with Gasteiger partial charge in [0.25, 0.3) is 0 Å². The van der Waals surface area contributed by atoms with Gasteiger partial charge in [0.05, 0.1) is 12.2 Å². The Kier molecular flexibility index (Phi) is 6.02. The standard InChI is InChI=1S/C19H25N3O4/c1-5-14-15(13-9-7-6-8-10-13)21-22(16(14)17(23)24)12-11-20-18(25)26-19(2,3)4/h6-10H,5,11-12H2,1-4H3,(H,20,25)(H,23,24). The Labute approximate surface area is 153 Å². The van der Waals surface area contributed by atoms with Crippen LogP contribution in [-0.2, 0) is 17.7 Å².